The average molecular weight is 389 g/mol. The second-order valence-corrected chi connectivity index (χ2v) is 8.38. The molecule has 3 aromatic rings. The minimum Gasteiger partial charge on any atom is -0.391 e. The highest BCUT2D eigenvalue weighted by molar-refractivity contribution is 5.44. The lowest BCUT2D eigenvalue weighted by Crippen LogP contribution is -2.39. The third-order valence-corrected chi connectivity index (χ3v) is 6.51. The molecule has 1 aliphatic heterocycles. The van der Waals surface area contributed by atoms with Gasteiger partial charge in [0.2, 0.25) is 0 Å². The Bertz CT molecular complexity index is 998. The molecule has 3 unspecified atom stereocenters. The van der Waals surface area contributed by atoms with Crippen molar-refractivity contribution in [3.8, 4) is 5.69 Å². The first-order valence-electron chi connectivity index (χ1n) is 10.4. The van der Waals surface area contributed by atoms with E-state index in [4.69, 9.17) is 0 Å². The van der Waals surface area contributed by atoms with Crippen molar-refractivity contribution in [3.63, 3.8) is 0 Å². The standard InChI is InChI=1S/C24H27N3O2/c1-16-12-19-15-26(22-4-2-5-23(22)28)24(29)21(19)14-18(16)13-17-6-8-20(9-7-17)27-11-3-10-25-27/h3,6-12,14,22-24,28-29H,2,4-5,13,15H2,1H3. The number of benzene rings is 2. The van der Waals surface area contributed by atoms with E-state index in [1.54, 1.807) is 6.20 Å². The molecule has 1 saturated carbocycles. The SMILES string of the molecule is Cc1cc2c(cc1Cc1ccc(-n3cccn3)cc1)C(O)N(C1CCCC1O)C2. The molecule has 0 amide bonds. The van der Waals surface area contributed by atoms with Crippen LogP contribution in [0.3, 0.4) is 0 Å². The maximum atomic E-state index is 10.9. The van der Waals surface area contributed by atoms with Crippen LogP contribution < -0.4 is 0 Å². The summed E-state index contributed by atoms with van der Waals surface area (Å²) in [6.45, 7) is 2.87. The summed E-state index contributed by atoms with van der Waals surface area (Å²) < 4.78 is 1.85. The van der Waals surface area contributed by atoms with Crippen LogP contribution in [-0.2, 0) is 13.0 Å². The number of aryl methyl sites for hydroxylation is 1. The first-order valence-corrected chi connectivity index (χ1v) is 10.4. The Labute approximate surface area is 171 Å². The van der Waals surface area contributed by atoms with Crippen LogP contribution in [0.15, 0.2) is 54.9 Å². The second kappa shape index (κ2) is 7.41. The molecule has 0 spiro atoms. The Balaban J connectivity index is 1.37. The Kier molecular flexibility index (Phi) is 4.74. The summed E-state index contributed by atoms with van der Waals surface area (Å²) in [5.41, 5.74) is 6.96. The minimum atomic E-state index is -0.621. The molecule has 5 heteroatoms. The second-order valence-electron chi connectivity index (χ2n) is 8.38. The van der Waals surface area contributed by atoms with Crippen molar-refractivity contribution in [2.24, 2.45) is 0 Å². The molecule has 1 fully saturated rings. The normalized spacial score (nSPS) is 24.2. The maximum absolute atomic E-state index is 10.9. The molecule has 0 bridgehead atoms. The number of hydrogen-bond donors (Lipinski definition) is 2. The van der Waals surface area contributed by atoms with Crippen LogP contribution in [0.4, 0.5) is 0 Å². The summed E-state index contributed by atoms with van der Waals surface area (Å²) in [5.74, 6) is 0. The van der Waals surface area contributed by atoms with Crippen LogP contribution in [0.25, 0.3) is 5.69 Å². The van der Waals surface area contributed by atoms with E-state index >= 15 is 0 Å². The van der Waals surface area contributed by atoms with E-state index in [0.717, 1.165) is 43.5 Å². The lowest BCUT2D eigenvalue weighted by Gasteiger charge is -2.29. The number of aliphatic hydroxyl groups excluding tert-OH is 2. The molecule has 0 saturated heterocycles. The fraction of sp³-hybridized carbons (Fsp3) is 0.375. The lowest BCUT2D eigenvalue weighted by atomic mass is 9.95. The van der Waals surface area contributed by atoms with Gasteiger partial charge in [-0.1, -0.05) is 24.3 Å². The van der Waals surface area contributed by atoms with Gasteiger partial charge >= 0.3 is 0 Å². The van der Waals surface area contributed by atoms with Crippen molar-refractivity contribution in [1.82, 2.24) is 14.7 Å². The number of aliphatic hydroxyl groups is 2. The molecule has 0 radical (unpaired) electrons. The molecule has 2 heterocycles. The number of fused-ring (bicyclic) bond motifs is 1. The smallest absolute Gasteiger partial charge is 0.134 e. The van der Waals surface area contributed by atoms with Gasteiger partial charge in [0, 0.05) is 30.5 Å². The minimum absolute atomic E-state index is 0.0657. The lowest BCUT2D eigenvalue weighted by molar-refractivity contribution is -0.0468. The van der Waals surface area contributed by atoms with Gasteiger partial charge in [-0.15, -0.1) is 0 Å². The zero-order valence-corrected chi connectivity index (χ0v) is 16.7. The van der Waals surface area contributed by atoms with E-state index < -0.39 is 6.23 Å². The topological polar surface area (TPSA) is 61.5 Å². The van der Waals surface area contributed by atoms with Crippen molar-refractivity contribution in [2.75, 3.05) is 0 Å². The van der Waals surface area contributed by atoms with Crippen LogP contribution in [0, 0.1) is 6.92 Å². The molecule has 150 valence electrons. The van der Waals surface area contributed by atoms with E-state index in [1.807, 2.05) is 16.9 Å². The van der Waals surface area contributed by atoms with E-state index in [2.05, 4.69) is 53.3 Å². The molecule has 2 aliphatic rings. The molecular weight excluding hydrogens is 362 g/mol. The third kappa shape index (κ3) is 3.39. The summed E-state index contributed by atoms with van der Waals surface area (Å²) in [6, 6.07) is 14.8. The van der Waals surface area contributed by atoms with Crippen LogP contribution >= 0.6 is 0 Å². The van der Waals surface area contributed by atoms with E-state index in [9.17, 15) is 10.2 Å². The van der Waals surface area contributed by atoms with Gasteiger partial charge in [0.1, 0.15) is 6.23 Å². The molecule has 5 rings (SSSR count). The van der Waals surface area contributed by atoms with Crippen molar-refractivity contribution in [3.05, 3.63) is 82.7 Å². The number of nitrogens with zero attached hydrogens (tertiary/aromatic N) is 3. The highest BCUT2D eigenvalue weighted by Crippen LogP contribution is 2.39. The predicted octanol–water partition coefficient (Wildman–Crippen LogP) is 3.49. The van der Waals surface area contributed by atoms with Gasteiger partial charge in [-0.05, 0) is 73.1 Å². The first kappa shape index (κ1) is 18.6. The molecule has 29 heavy (non-hydrogen) atoms. The van der Waals surface area contributed by atoms with E-state index in [1.165, 1.54) is 22.3 Å². The zero-order chi connectivity index (χ0) is 20.0. The number of aromatic nitrogens is 2. The Morgan fingerprint density at radius 3 is 2.62 bits per heavy atom. The summed E-state index contributed by atoms with van der Waals surface area (Å²) in [4.78, 5) is 2.07. The molecule has 2 N–H and O–H groups in total. The summed E-state index contributed by atoms with van der Waals surface area (Å²) >= 11 is 0. The van der Waals surface area contributed by atoms with Gasteiger partial charge in [-0.2, -0.15) is 5.10 Å². The van der Waals surface area contributed by atoms with Crippen molar-refractivity contribution < 1.29 is 10.2 Å². The Morgan fingerprint density at radius 1 is 1.10 bits per heavy atom. The van der Waals surface area contributed by atoms with Crippen LogP contribution in [0.5, 0.6) is 0 Å². The monoisotopic (exact) mass is 389 g/mol. The molecule has 2 aromatic carbocycles. The average Bonchev–Trinajstić information content (AvgIpc) is 3.45. The first-order chi connectivity index (χ1) is 14.1. The number of hydrogen-bond acceptors (Lipinski definition) is 4. The van der Waals surface area contributed by atoms with Gasteiger partial charge < -0.3 is 10.2 Å². The van der Waals surface area contributed by atoms with Crippen molar-refractivity contribution in [2.45, 2.75) is 57.5 Å². The van der Waals surface area contributed by atoms with Crippen LogP contribution in [0.1, 0.15) is 53.3 Å². The number of rotatable bonds is 4. The van der Waals surface area contributed by atoms with Crippen molar-refractivity contribution >= 4 is 0 Å². The fourth-order valence-electron chi connectivity index (χ4n) is 4.88. The highest BCUT2D eigenvalue weighted by Gasteiger charge is 2.39. The Morgan fingerprint density at radius 2 is 1.93 bits per heavy atom. The summed E-state index contributed by atoms with van der Waals surface area (Å²) in [5, 5.41) is 25.5. The Hall–Kier alpha value is -2.47. The predicted molar refractivity (Wildman–Crippen MR) is 112 cm³/mol. The van der Waals surface area contributed by atoms with Crippen LogP contribution in [-0.4, -0.2) is 37.0 Å². The largest absolute Gasteiger partial charge is 0.391 e. The summed E-state index contributed by atoms with van der Waals surface area (Å²) in [7, 11) is 0. The third-order valence-electron chi connectivity index (χ3n) is 6.51. The molecule has 1 aromatic heterocycles. The fourth-order valence-corrected chi connectivity index (χ4v) is 4.88. The molecule has 1 aliphatic carbocycles. The molecular formula is C24H27N3O2. The van der Waals surface area contributed by atoms with E-state index in [0.29, 0.717) is 0 Å². The summed E-state index contributed by atoms with van der Waals surface area (Å²) in [6.07, 6.45) is 6.43. The van der Waals surface area contributed by atoms with Gasteiger partial charge in [0.15, 0.2) is 0 Å². The van der Waals surface area contributed by atoms with Gasteiger partial charge in [0.25, 0.3) is 0 Å². The highest BCUT2D eigenvalue weighted by atomic mass is 16.3. The van der Waals surface area contributed by atoms with Crippen molar-refractivity contribution in [1.29, 1.82) is 0 Å². The van der Waals surface area contributed by atoms with E-state index in [-0.39, 0.29) is 12.1 Å². The maximum Gasteiger partial charge on any atom is 0.134 e. The van der Waals surface area contributed by atoms with Gasteiger partial charge in [0.05, 0.1) is 11.8 Å². The van der Waals surface area contributed by atoms with Crippen LogP contribution in [0.2, 0.25) is 0 Å². The quantitative estimate of drug-likeness (QED) is 0.717. The molecule has 3 atom stereocenters. The van der Waals surface area contributed by atoms with Gasteiger partial charge in [-0.3, -0.25) is 4.90 Å². The molecule has 5 nitrogen and oxygen atoms in total. The zero-order valence-electron chi connectivity index (χ0n) is 16.7. The van der Waals surface area contributed by atoms with Gasteiger partial charge in [-0.25, -0.2) is 4.68 Å².